The lowest BCUT2D eigenvalue weighted by atomic mass is 9.84. The van der Waals surface area contributed by atoms with Crippen LogP contribution in [0.1, 0.15) is 40.0 Å². The van der Waals surface area contributed by atoms with Gasteiger partial charge in [-0.1, -0.05) is 0 Å². The summed E-state index contributed by atoms with van der Waals surface area (Å²) in [4.78, 5) is 2.59. The van der Waals surface area contributed by atoms with Crippen molar-refractivity contribution in [3.63, 3.8) is 0 Å². The molecule has 130 valence electrons. The molecule has 0 saturated carbocycles. The summed E-state index contributed by atoms with van der Waals surface area (Å²) in [5, 5.41) is 3.77. The topological polar surface area (TPSA) is 43.0 Å². The highest BCUT2D eigenvalue weighted by Gasteiger charge is 2.40. The third-order valence-corrected chi connectivity index (χ3v) is 7.97. The fraction of sp³-hybridized carbons (Fsp3) is 1.00. The van der Waals surface area contributed by atoms with E-state index in [1.807, 2.05) is 20.8 Å². The molecular weight excluding hydrogens is 296 g/mol. The van der Waals surface area contributed by atoms with Gasteiger partial charge in [0.05, 0.1) is 0 Å². The molecule has 0 aliphatic carbocycles. The van der Waals surface area contributed by atoms with Crippen molar-refractivity contribution in [2.24, 2.45) is 5.92 Å². The molecule has 0 aromatic carbocycles. The zero-order valence-electron chi connectivity index (χ0n) is 14.6. The largest absolute Gasteiger partial charge is 0.500 e. The summed E-state index contributed by atoms with van der Waals surface area (Å²) in [5.74, 6) is 0.887. The zero-order chi connectivity index (χ0) is 15.8. The molecule has 6 heteroatoms. The lowest BCUT2D eigenvalue weighted by molar-refractivity contribution is 0.0669. The second-order valence-corrected chi connectivity index (χ2v) is 9.02. The normalized spacial score (nSPS) is 28.2. The van der Waals surface area contributed by atoms with Crippen molar-refractivity contribution in [2.75, 3.05) is 46.0 Å². The Bertz CT molecular complexity index is 295. The van der Waals surface area contributed by atoms with Gasteiger partial charge >= 0.3 is 8.80 Å². The van der Waals surface area contributed by atoms with Gasteiger partial charge in [-0.15, -0.1) is 0 Å². The minimum absolute atomic E-state index is 0.666. The van der Waals surface area contributed by atoms with E-state index in [1.54, 1.807) is 0 Å². The number of fused-ring (bicyclic) bond motifs is 3. The molecule has 5 nitrogen and oxygen atoms in total. The highest BCUT2D eigenvalue weighted by molar-refractivity contribution is 6.60. The second kappa shape index (κ2) is 9.35. The molecule has 1 unspecified atom stereocenters. The molecule has 0 spiro atoms. The van der Waals surface area contributed by atoms with Crippen molar-refractivity contribution >= 4 is 8.80 Å². The van der Waals surface area contributed by atoms with Crippen LogP contribution in [0, 0.1) is 5.92 Å². The first-order chi connectivity index (χ1) is 10.7. The van der Waals surface area contributed by atoms with Gasteiger partial charge in [-0.05, 0) is 65.6 Å². The van der Waals surface area contributed by atoms with E-state index in [1.165, 1.54) is 32.5 Å². The van der Waals surface area contributed by atoms with E-state index >= 15 is 0 Å². The molecular formula is C16H34N2O3Si. The number of nitrogens with one attached hydrogen (secondary N) is 1. The molecule has 3 aliphatic heterocycles. The van der Waals surface area contributed by atoms with E-state index in [-0.39, 0.29) is 0 Å². The van der Waals surface area contributed by atoms with Crippen LogP contribution < -0.4 is 5.32 Å². The maximum atomic E-state index is 5.91. The number of hydrogen-bond acceptors (Lipinski definition) is 5. The van der Waals surface area contributed by atoms with Crippen LogP contribution in [0.5, 0.6) is 0 Å². The summed E-state index contributed by atoms with van der Waals surface area (Å²) in [7, 11) is -2.45. The Morgan fingerprint density at radius 3 is 2.05 bits per heavy atom. The van der Waals surface area contributed by atoms with Crippen LogP contribution in [0.15, 0.2) is 0 Å². The lowest BCUT2D eigenvalue weighted by Crippen LogP contribution is -2.56. The average Bonchev–Trinajstić information content (AvgIpc) is 2.54. The van der Waals surface area contributed by atoms with E-state index in [0.717, 1.165) is 24.9 Å². The predicted octanol–water partition coefficient (Wildman–Crippen LogP) is 2.11. The summed E-state index contributed by atoms with van der Waals surface area (Å²) in [6, 6.07) is 1.60. The lowest BCUT2D eigenvalue weighted by Gasteiger charge is -2.45. The van der Waals surface area contributed by atoms with Gasteiger partial charge in [0.1, 0.15) is 0 Å². The number of hydrogen-bond donors (Lipinski definition) is 1. The summed E-state index contributed by atoms with van der Waals surface area (Å²) >= 11 is 0. The van der Waals surface area contributed by atoms with E-state index in [0.29, 0.717) is 25.9 Å². The molecule has 3 fully saturated rings. The molecule has 1 N–H and O–H groups in total. The van der Waals surface area contributed by atoms with Gasteiger partial charge in [0.25, 0.3) is 0 Å². The summed E-state index contributed by atoms with van der Waals surface area (Å²) in [6.07, 6.45) is 3.80. The van der Waals surface area contributed by atoms with Gasteiger partial charge < -0.3 is 23.5 Å². The first kappa shape index (κ1) is 18.4. The average molecular weight is 331 g/mol. The molecule has 0 aromatic heterocycles. The molecule has 0 radical (unpaired) electrons. The van der Waals surface area contributed by atoms with Crippen LogP contribution in [0.3, 0.4) is 0 Å². The Hall–Kier alpha value is 0.0169. The fourth-order valence-electron chi connectivity index (χ4n) is 3.79. The van der Waals surface area contributed by atoms with E-state index in [2.05, 4.69) is 10.2 Å². The number of piperidine rings is 3. The Morgan fingerprint density at radius 2 is 1.59 bits per heavy atom. The standard InChI is InChI=1S/C16H34N2O3Si/c1-4-19-22(20-5-2,21-6-3)13-7-10-17-16-14-18-11-8-15(16)9-12-18/h15-17H,4-14H2,1-3H3. The van der Waals surface area contributed by atoms with Crippen LogP contribution >= 0.6 is 0 Å². The molecule has 0 aromatic rings. The molecule has 0 amide bonds. The minimum Gasteiger partial charge on any atom is -0.374 e. The third kappa shape index (κ3) is 5.01. The molecule has 22 heavy (non-hydrogen) atoms. The van der Waals surface area contributed by atoms with Crippen molar-refractivity contribution in [1.29, 1.82) is 0 Å². The van der Waals surface area contributed by atoms with Crippen molar-refractivity contribution in [3.05, 3.63) is 0 Å². The molecule has 2 bridgehead atoms. The summed E-state index contributed by atoms with van der Waals surface area (Å²) in [6.45, 7) is 12.9. The van der Waals surface area contributed by atoms with Gasteiger partial charge in [0.15, 0.2) is 0 Å². The fourth-order valence-corrected chi connectivity index (χ4v) is 6.40. The van der Waals surface area contributed by atoms with E-state index in [9.17, 15) is 0 Å². The Balaban J connectivity index is 1.72. The minimum atomic E-state index is -2.45. The predicted molar refractivity (Wildman–Crippen MR) is 91.0 cm³/mol. The van der Waals surface area contributed by atoms with Crippen LogP contribution in [-0.2, 0) is 13.3 Å². The maximum absolute atomic E-state index is 5.91. The Morgan fingerprint density at radius 1 is 1.00 bits per heavy atom. The number of rotatable bonds is 11. The molecule has 3 heterocycles. The second-order valence-electron chi connectivity index (χ2n) is 6.28. The van der Waals surface area contributed by atoms with E-state index < -0.39 is 8.80 Å². The highest BCUT2D eigenvalue weighted by atomic mass is 28.4. The van der Waals surface area contributed by atoms with Gasteiger partial charge in [0, 0.05) is 38.5 Å². The van der Waals surface area contributed by atoms with Gasteiger partial charge in [0.2, 0.25) is 0 Å². The van der Waals surface area contributed by atoms with E-state index in [4.69, 9.17) is 13.3 Å². The Kier molecular flexibility index (Phi) is 7.80. The highest BCUT2D eigenvalue weighted by Crippen LogP contribution is 2.27. The molecule has 1 atom stereocenters. The molecule has 3 aliphatic rings. The van der Waals surface area contributed by atoms with Crippen molar-refractivity contribution in [3.8, 4) is 0 Å². The van der Waals surface area contributed by atoms with Crippen molar-refractivity contribution in [2.45, 2.75) is 52.1 Å². The van der Waals surface area contributed by atoms with Gasteiger partial charge in [-0.2, -0.15) is 0 Å². The molecule has 3 saturated heterocycles. The first-order valence-electron chi connectivity index (χ1n) is 9.10. The third-order valence-electron chi connectivity index (χ3n) is 4.82. The van der Waals surface area contributed by atoms with Crippen molar-refractivity contribution in [1.82, 2.24) is 10.2 Å². The smallest absolute Gasteiger partial charge is 0.374 e. The van der Waals surface area contributed by atoms with Gasteiger partial charge in [-0.25, -0.2) is 0 Å². The maximum Gasteiger partial charge on any atom is 0.500 e. The monoisotopic (exact) mass is 330 g/mol. The summed E-state index contributed by atoms with van der Waals surface area (Å²) in [5.41, 5.74) is 0. The van der Waals surface area contributed by atoms with Crippen LogP contribution in [0.2, 0.25) is 6.04 Å². The molecule has 3 rings (SSSR count). The number of nitrogens with zero attached hydrogens (tertiary/aromatic N) is 1. The zero-order valence-corrected chi connectivity index (χ0v) is 15.6. The quantitative estimate of drug-likeness (QED) is 0.464. The first-order valence-corrected chi connectivity index (χ1v) is 11.0. The summed E-state index contributed by atoms with van der Waals surface area (Å²) < 4.78 is 17.7. The Labute approximate surface area is 137 Å². The van der Waals surface area contributed by atoms with Crippen LogP contribution in [0.4, 0.5) is 0 Å². The SMILES string of the molecule is CCO[Si](CCCNC1CN2CCC1CC2)(OCC)OCC. The van der Waals surface area contributed by atoms with Crippen LogP contribution in [-0.4, -0.2) is 65.7 Å². The van der Waals surface area contributed by atoms with Gasteiger partial charge in [-0.3, -0.25) is 0 Å². The van der Waals surface area contributed by atoms with Crippen LogP contribution in [0.25, 0.3) is 0 Å². The van der Waals surface area contributed by atoms with Crippen molar-refractivity contribution < 1.29 is 13.3 Å².